The molecular formula is C18H23ClN4O. The lowest BCUT2D eigenvalue weighted by atomic mass is 10.1. The Balaban J connectivity index is 1.58. The highest BCUT2D eigenvalue weighted by molar-refractivity contribution is 6.30. The van der Waals surface area contributed by atoms with Crippen molar-refractivity contribution in [1.29, 1.82) is 0 Å². The van der Waals surface area contributed by atoms with Crippen molar-refractivity contribution < 1.29 is 4.79 Å². The molecule has 24 heavy (non-hydrogen) atoms. The van der Waals surface area contributed by atoms with Crippen molar-refractivity contribution in [3.05, 3.63) is 47.2 Å². The van der Waals surface area contributed by atoms with E-state index in [2.05, 4.69) is 22.2 Å². The number of nitrogens with zero attached hydrogens (tertiary/aromatic N) is 3. The molecule has 6 heteroatoms. The minimum Gasteiger partial charge on any atom is -0.348 e. The van der Waals surface area contributed by atoms with Gasteiger partial charge in [-0.2, -0.15) is 5.10 Å². The molecule has 3 rings (SSSR count). The van der Waals surface area contributed by atoms with Crippen molar-refractivity contribution in [3.8, 4) is 5.69 Å². The number of aromatic nitrogens is 2. The van der Waals surface area contributed by atoms with Gasteiger partial charge in [0.25, 0.3) is 5.91 Å². The number of hydrogen-bond acceptors (Lipinski definition) is 3. The van der Waals surface area contributed by atoms with Crippen LogP contribution < -0.4 is 5.32 Å². The van der Waals surface area contributed by atoms with Gasteiger partial charge < -0.3 is 10.2 Å². The van der Waals surface area contributed by atoms with Crippen LogP contribution in [-0.2, 0) is 0 Å². The molecule has 0 saturated carbocycles. The van der Waals surface area contributed by atoms with E-state index in [1.165, 1.54) is 19.3 Å². The maximum atomic E-state index is 12.4. The van der Waals surface area contributed by atoms with Gasteiger partial charge in [-0.25, -0.2) is 4.68 Å². The van der Waals surface area contributed by atoms with Crippen LogP contribution in [0.1, 0.15) is 36.5 Å². The van der Waals surface area contributed by atoms with Crippen LogP contribution in [0, 0.1) is 0 Å². The minimum absolute atomic E-state index is 0.0836. The molecule has 2 aromatic rings. The molecule has 0 bridgehead atoms. The summed E-state index contributed by atoms with van der Waals surface area (Å²) in [7, 11) is 0. The van der Waals surface area contributed by atoms with Crippen molar-refractivity contribution in [2.45, 2.75) is 32.2 Å². The van der Waals surface area contributed by atoms with E-state index >= 15 is 0 Å². The lowest BCUT2D eigenvalue weighted by Gasteiger charge is -2.29. The summed E-state index contributed by atoms with van der Waals surface area (Å²) in [6, 6.07) is 7.47. The summed E-state index contributed by atoms with van der Waals surface area (Å²) in [5.74, 6) is -0.0836. The third-order valence-electron chi connectivity index (χ3n) is 4.29. The summed E-state index contributed by atoms with van der Waals surface area (Å²) in [5.41, 5.74) is 1.44. The Morgan fingerprint density at radius 3 is 2.67 bits per heavy atom. The van der Waals surface area contributed by atoms with Gasteiger partial charge >= 0.3 is 0 Å². The number of halogens is 1. The maximum absolute atomic E-state index is 12.4. The fourth-order valence-corrected chi connectivity index (χ4v) is 3.18. The van der Waals surface area contributed by atoms with Gasteiger partial charge in [0.1, 0.15) is 0 Å². The van der Waals surface area contributed by atoms with E-state index in [9.17, 15) is 4.79 Å². The van der Waals surface area contributed by atoms with Gasteiger partial charge in [-0.1, -0.05) is 18.0 Å². The first-order chi connectivity index (χ1) is 11.6. The van der Waals surface area contributed by atoms with E-state index in [1.54, 1.807) is 29.2 Å². The third kappa shape index (κ3) is 4.36. The Bertz CT molecular complexity index is 677. The van der Waals surface area contributed by atoms with E-state index in [1.807, 2.05) is 12.1 Å². The first-order valence-corrected chi connectivity index (χ1v) is 8.83. The van der Waals surface area contributed by atoms with Gasteiger partial charge in [-0.3, -0.25) is 4.79 Å². The predicted octanol–water partition coefficient (Wildman–Crippen LogP) is 3.13. The summed E-state index contributed by atoms with van der Waals surface area (Å²) in [6.07, 6.45) is 7.17. The van der Waals surface area contributed by atoms with Gasteiger partial charge in [0.2, 0.25) is 0 Å². The van der Waals surface area contributed by atoms with E-state index in [-0.39, 0.29) is 11.9 Å². The number of likely N-dealkylation sites (tertiary alicyclic amines) is 1. The van der Waals surface area contributed by atoms with Crippen molar-refractivity contribution >= 4 is 17.5 Å². The molecule has 1 aliphatic heterocycles. The van der Waals surface area contributed by atoms with Crippen LogP contribution in [0.25, 0.3) is 5.69 Å². The number of benzene rings is 1. The predicted molar refractivity (Wildman–Crippen MR) is 95.8 cm³/mol. The summed E-state index contributed by atoms with van der Waals surface area (Å²) in [6.45, 7) is 5.22. The van der Waals surface area contributed by atoms with Crippen molar-refractivity contribution in [2.75, 3.05) is 19.6 Å². The highest BCUT2D eigenvalue weighted by Gasteiger charge is 2.16. The first-order valence-electron chi connectivity index (χ1n) is 8.45. The second-order valence-electron chi connectivity index (χ2n) is 6.39. The first kappa shape index (κ1) is 17.0. The molecule has 5 nitrogen and oxygen atoms in total. The van der Waals surface area contributed by atoms with Gasteiger partial charge in [0, 0.05) is 23.8 Å². The Labute approximate surface area is 147 Å². The lowest BCUT2D eigenvalue weighted by molar-refractivity contribution is 0.0925. The average Bonchev–Trinajstić information content (AvgIpc) is 3.06. The molecule has 1 unspecified atom stereocenters. The van der Waals surface area contributed by atoms with Crippen molar-refractivity contribution in [2.24, 2.45) is 0 Å². The molecule has 1 N–H and O–H groups in total. The summed E-state index contributed by atoms with van der Waals surface area (Å²) in [4.78, 5) is 14.8. The second kappa shape index (κ2) is 7.81. The molecule has 1 amide bonds. The van der Waals surface area contributed by atoms with Crippen molar-refractivity contribution in [3.63, 3.8) is 0 Å². The summed E-state index contributed by atoms with van der Waals surface area (Å²) >= 11 is 5.89. The summed E-state index contributed by atoms with van der Waals surface area (Å²) in [5, 5.41) is 8.00. The Kier molecular flexibility index (Phi) is 5.53. The van der Waals surface area contributed by atoms with E-state index in [0.717, 1.165) is 25.3 Å². The zero-order valence-corrected chi connectivity index (χ0v) is 14.7. The summed E-state index contributed by atoms with van der Waals surface area (Å²) < 4.78 is 1.68. The Hall–Kier alpha value is -1.85. The zero-order valence-electron chi connectivity index (χ0n) is 13.9. The molecule has 0 spiro atoms. The lowest BCUT2D eigenvalue weighted by Crippen LogP contribution is -2.43. The van der Waals surface area contributed by atoms with Crippen LogP contribution >= 0.6 is 11.6 Å². The number of rotatable bonds is 5. The molecule has 0 aliphatic carbocycles. The van der Waals surface area contributed by atoms with E-state index in [0.29, 0.717) is 10.6 Å². The van der Waals surface area contributed by atoms with Gasteiger partial charge in [0.15, 0.2) is 0 Å². The standard InChI is InChI=1S/C18H23ClN4O/c1-14(12-22-9-3-2-4-10-22)21-18(24)15-11-20-23(13-15)17-7-5-16(19)6-8-17/h5-8,11,13-14H,2-4,9-10,12H2,1H3,(H,21,24). The number of piperidine rings is 1. The normalized spacial score (nSPS) is 16.8. The molecule has 1 aromatic heterocycles. The fourth-order valence-electron chi connectivity index (χ4n) is 3.06. The average molecular weight is 347 g/mol. The highest BCUT2D eigenvalue weighted by Crippen LogP contribution is 2.14. The topological polar surface area (TPSA) is 50.2 Å². The quantitative estimate of drug-likeness (QED) is 0.904. The number of carbonyl (C=O) groups excluding carboxylic acids is 1. The van der Waals surface area contributed by atoms with Crippen LogP contribution in [0.3, 0.4) is 0 Å². The monoisotopic (exact) mass is 346 g/mol. The Morgan fingerprint density at radius 2 is 1.96 bits per heavy atom. The van der Waals surface area contributed by atoms with Gasteiger partial charge in [-0.05, 0) is 57.1 Å². The molecule has 1 aromatic carbocycles. The molecule has 0 radical (unpaired) electrons. The SMILES string of the molecule is CC(CN1CCCCC1)NC(=O)c1cnn(-c2ccc(Cl)cc2)c1. The second-order valence-corrected chi connectivity index (χ2v) is 6.82. The third-order valence-corrected chi connectivity index (χ3v) is 4.55. The molecule has 2 heterocycles. The molecule has 1 aliphatic rings. The van der Waals surface area contributed by atoms with Crippen LogP contribution in [0.4, 0.5) is 0 Å². The number of carbonyl (C=O) groups is 1. The molecular weight excluding hydrogens is 324 g/mol. The number of amides is 1. The number of hydrogen-bond donors (Lipinski definition) is 1. The van der Waals surface area contributed by atoms with Crippen molar-refractivity contribution in [1.82, 2.24) is 20.0 Å². The van der Waals surface area contributed by atoms with Crippen LogP contribution in [-0.4, -0.2) is 46.3 Å². The minimum atomic E-state index is -0.0836. The Morgan fingerprint density at radius 1 is 1.25 bits per heavy atom. The molecule has 1 saturated heterocycles. The maximum Gasteiger partial charge on any atom is 0.254 e. The molecule has 1 fully saturated rings. The fraction of sp³-hybridized carbons (Fsp3) is 0.444. The van der Waals surface area contributed by atoms with Gasteiger partial charge in [-0.15, -0.1) is 0 Å². The zero-order chi connectivity index (χ0) is 16.9. The largest absolute Gasteiger partial charge is 0.348 e. The van der Waals surface area contributed by atoms with E-state index in [4.69, 9.17) is 11.6 Å². The van der Waals surface area contributed by atoms with Crippen LogP contribution in [0.15, 0.2) is 36.7 Å². The van der Waals surface area contributed by atoms with Gasteiger partial charge in [0.05, 0.1) is 17.4 Å². The van der Waals surface area contributed by atoms with Crippen LogP contribution in [0.2, 0.25) is 5.02 Å². The molecule has 1 atom stereocenters. The molecule has 128 valence electrons. The van der Waals surface area contributed by atoms with E-state index < -0.39 is 0 Å². The van der Waals surface area contributed by atoms with Crippen LogP contribution in [0.5, 0.6) is 0 Å². The number of nitrogens with one attached hydrogen (secondary N) is 1. The smallest absolute Gasteiger partial charge is 0.254 e. The highest BCUT2D eigenvalue weighted by atomic mass is 35.5.